The number of non-ortho nitro benzene ring substituents is 1. The van der Waals surface area contributed by atoms with E-state index in [0.717, 1.165) is 10.4 Å². The van der Waals surface area contributed by atoms with Gasteiger partial charge in [0.1, 0.15) is 12.3 Å². The summed E-state index contributed by atoms with van der Waals surface area (Å²) in [5.41, 5.74) is 2.45. The fourth-order valence-electron chi connectivity index (χ4n) is 2.99. The number of methoxy groups -OCH3 is 1. The van der Waals surface area contributed by atoms with Crippen LogP contribution in [0.3, 0.4) is 0 Å². The summed E-state index contributed by atoms with van der Waals surface area (Å²) in [6.07, 6.45) is 1.32. The van der Waals surface area contributed by atoms with Crippen LogP contribution in [-0.4, -0.2) is 51.7 Å². The van der Waals surface area contributed by atoms with Crippen LogP contribution in [0.25, 0.3) is 0 Å². The van der Waals surface area contributed by atoms with E-state index in [4.69, 9.17) is 4.74 Å². The van der Waals surface area contributed by atoms with Gasteiger partial charge in [0.05, 0.1) is 28.8 Å². The first-order chi connectivity index (χ1) is 17.7. The molecule has 0 fully saturated rings. The number of hydrogen-bond donors (Lipinski definition) is 1. The van der Waals surface area contributed by atoms with Crippen molar-refractivity contribution < 1.29 is 32.4 Å². The molecule has 0 aliphatic carbocycles. The summed E-state index contributed by atoms with van der Waals surface area (Å²) < 4.78 is 37.1. The summed E-state index contributed by atoms with van der Waals surface area (Å²) in [7, 11) is -2.99. The van der Waals surface area contributed by atoms with Crippen LogP contribution in [0.4, 0.5) is 11.4 Å². The minimum absolute atomic E-state index is 0.0558. The Kier molecular flexibility index (Phi) is 8.89. The molecule has 0 radical (unpaired) electrons. The smallest absolute Gasteiger partial charge is 0.343 e. The summed E-state index contributed by atoms with van der Waals surface area (Å²) >= 11 is 0. The van der Waals surface area contributed by atoms with E-state index in [0.29, 0.717) is 11.3 Å². The molecule has 0 heterocycles. The average molecular weight is 527 g/mol. The number of sulfonamides is 1. The molecule has 1 amide bonds. The lowest BCUT2D eigenvalue weighted by Crippen LogP contribution is -2.39. The van der Waals surface area contributed by atoms with E-state index >= 15 is 0 Å². The Morgan fingerprint density at radius 3 is 2.41 bits per heavy atom. The second-order valence-electron chi connectivity index (χ2n) is 7.33. The highest BCUT2D eigenvalue weighted by atomic mass is 32.2. The number of nitrogens with one attached hydrogen (secondary N) is 1. The van der Waals surface area contributed by atoms with Gasteiger partial charge in [-0.2, -0.15) is 5.10 Å². The van der Waals surface area contributed by atoms with E-state index in [2.05, 4.69) is 15.3 Å². The standard InChI is InChI=1S/C24H22N4O8S/c1-35-24(30)17-36-21-12-10-18(11-13-21)15-25-26-23(29)16-27(19-6-5-7-20(14-19)28(31)32)37(33,34)22-8-3-2-4-9-22/h2-15H,16-17H2,1H3,(H,26,29)/b25-15-. The van der Waals surface area contributed by atoms with Gasteiger partial charge in [0.2, 0.25) is 0 Å². The van der Waals surface area contributed by atoms with Gasteiger partial charge in [0.15, 0.2) is 6.61 Å². The summed E-state index contributed by atoms with van der Waals surface area (Å²) in [4.78, 5) is 34.2. The maximum atomic E-state index is 13.3. The number of hydrogen-bond acceptors (Lipinski definition) is 9. The second kappa shape index (κ2) is 12.3. The lowest BCUT2D eigenvalue weighted by Gasteiger charge is -2.23. The largest absolute Gasteiger partial charge is 0.482 e. The highest BCUT2D eigenvalue weighted by Gasteiger charge is 2.28. The number of rotatable bonds is 11. The molecule has 1 N–H and O–H groups in total. The van der Waals surface area contributed by atoms with Crippen LogP contribution < -0.4 is 14.5 Å². The lowest BCUT2D eigenvalue weighted by molar-refractivity contribution is -0.384. The molecule has 0 saturated heterocycles. The quantitative estimate of drug-likeness (QED) is 0.173. The number of nitrogens with zero attached hydrogens (tertiary/aromatic N) is 3. The number of benzene rings is 3. The minimum Gasteiger partial charge on any atom is -0.482 e. The Morgan fingerprint density at radius 2 is 1.76 bits per heavy atom. The molecule has 3 rings (SSSR count). The summed E-state index contributed by atoms with van der Waals surface area (Å²) in [5, 5.41) is 15.0. The molecule has 3 aromatic rings. The highest BCUT2D eigenvalue weighted by Crippen LogP contribution is 2.26. The fourth-order valence-corrected chi connectivity index (χ4v) is 4.43. The van der Waals surface area contributed by atoms with E-state index in [1.54, 1.807) is 30.3 Å². The van der Waals surface area contributed by atoms with Crippen LogP contribution in [0.1, 0.15) is 5.56 Å². The van der Waals surface area contributed by atoms with Crippen molar-refractivity contribution in [2.24, 2.45) is 5.10 Å². The number of hydrazone groups is 1. The summed E-state index contributed by atoms with van der Waals surface area (Å²) in [5.74, 6) is -0.882. The van der Waals surface area contributed by atoms with Crippen molar-refractivity contribution in [2.45, 2.75) is 4.90 Å². The molecule has 0 bridgehead atoms. The predicted octanol–water partition coefficient (Wildman–Crippen LogP) is 2.49. The second-order valence-corrected chi connectivity index (χ2v) is 9.19. The van der Waals surface area contributed by atoms with E-state index in [1.807, 2.05) is 0 Å². The van der Waals surface area contributed by atoms with Crippen molar-refractivity contribution in [2.75, 3.05) is 24.6 Å². The molecule has 13 heteroatoms. The molecule has 0 aliphatic heterocycles. The van der Waals surface area contributed by atoms with E-state index in [-0.39, 0.29) is 22.9 Å². The molecule has 37 heavy (non-hydrogen) atoms. The van der Waals surface area contributed by atoms with Crippen LogP contribution in [0, 0.1) is 10.1 Å². The van der Waals surface area contributed by atoms with Crippen LogP contribution in [-0.2, 0) is 24.3 Å². The number of ether oxygens (including phenoxy) is 2. The Balaban J connectivity index is 1.74. The van der Waals surface area contributed by atoms with Gasteiger partial charge < -0.3 is 9.47 Å². The van der Waals surface area contributed by atoms with Crippen molar-refractivity contribution in [1.29, 1.82) is 0 Å². The fraction of sp³-hybridized carbons (Fsp3) is 0.125. The molecule has 0 unspecified atom stereocenters. The number of carbonyl (C=O) groups is 2. The monoisotopic (exact) mass is 526 g/mol. The van der Waals surface area contributed by atoms with Gasteiger partial charge in [0.25, 0.3) is 21.6 Å². The molecule has 12 nitrogen and oxygen atoms in total. The molecule has 192 valence electrons. The Bertz CT molecular complexity index is 1390. The van der Waals surface area contributed by atoms with Crippen molar-refractivity contribution in [1.82, 2.24) is 5.43 Å². The van der Waals surface area contributed by atoms with Gasteiger partial charge in [-0.3, -0.25) is 19.2 Å². The van der Waals surface area contributed by atoms with Gasteiger partial charge in [-0.1, -0.05) is 24.3 Å². The lowest BCUT2D eigenvalue weighted by atomic mass is 10.2. The highest BCUT2D eigenvalue weighted by molar-refractivity contribution is 7.92. The Morgan fingerprint density at radius 1 is 1.05 bits per heavy atom. The topological polar surface area (TPSA) is 158 Å². The van der Waals surface area contributed by atoms with Gasteiger partial charge >= 0.3 is 5.97 Å². The van der Waals surface area contributed by atoms with Crippen LogP contribution in [0.15, 0.2) is 88.9 Å². The maximum absolute atomic E-state index is 13.3. The molecule has 0 aromatic heterocycles. The Labute approximate surface area is 212 Å². The minimum atomic E-state index is -4.24. The SMILES string of the molecule is COC(=O)COc1ccc(/C=N\NC(=O)CN(c2cccc([N+](=O)[O-])c2)S(=O)(=O)c2ccccc2)cc1. The van der Waals surface area contributed by atoms with E-state index < -0.39 is 33.4 Å². The zero-order chi connectivity index (χ0) is 26.8. The van der Waals surface area contributed by atoms with Gasteiger partial charge in [-0.25, -0.2) is 18.6 Å². The predicted molar refractivity (Wildman–Crippen MR) is 134 cm³/mol. The number of nitro groups is 1. The third-order valence-electron chi connectivity index (χ3n) is 4.81. The normalized spacial score (nSPS) is 11.1. The third kappa shape index (κ3) is 7.35. The van der Waals surface area contributed by atoms with Crippen LogP contribution >= 0.6 is 0 Å². The maximum Gasteiger partial charge on any atom is 0.343 e. The summed E-state index contributed by atoms with van der Waals surface area (Å²) in [6, 6.07) is 18.8. The number of esters is 1. The zero-order valence-electron chi connectivity index (χ0n) is 19.5. The number of amides is 1. The van der Waals surface area contributed by atoms with Crippen molar-refractivity contribution >= 4 is 39.5 Å². The molecule has 0 spiro atoms. The van der Waals surface area contributed by atoms with E-state index in [9.17, 15) is 28.1 Å². The van der Waals surface area contributed by atoms with Crippen molar-refractivity contribution in [3.05, 3.63) is 94.5 Å². The van der Waals surface area contributed by atoms with Crippen molar-refractivity contribution in [3.8, 4) is 5.75 Å². The van der Waals surface area contributed by atoms with Gasteiger partial charge in [-0.05, 0) is 48.0 Å². The van der Waals surface area contributed by atoms with Crippen LogP contribution in [0.5, 0.6) is 5.75 Å². The Hall–Kier alpha value is -4.78. The molecular formula is C24H22N4O8S. The molecule has 0 atom stereocenters. The number of anilines is 1. The van der Waals surface area contributed by atoms with Gasteiger partial charge in [-0.15, -0.1) is 0 Å². The van der Waals surface area contributed by atoms with Crippen molar-refractivity contribution in [3.63, 3.8) is 0 Å². The van der Waals surface area contributed by atoms with E-state index in [1.165, 1.54) is 55.8 Å². The summed E-state index contributed by atoms with van der Waals surface area (Å²) in [6.45, 7) is -0.928. The third-order valence-corrected chi connectivity index (χ3v) is 6.60. The number of carbonyl (C=O) groups excluding carboxylic acids is 2. The molecule has 3 aromatic carbocycles. The first-order valence-corrected chi connectivity index (χ1v) is 12.1. The number of nitro benzene ring substituents is 1. The first kappa shape index (κ1) is 26.8. The van der Waals surface area contributed by atoms with Crippen LogP contribution in [0.2, 0.25) is 0 Å². The molecular weight excluding hydrogens is 504 g/mol. The average Bonchev–Trinajstić information content (AvgIpc) is 2.91. The zero-order valence-corrected chi connectivity index (χ0v) is 20.3. The van der Waals surface area contributed by atoms with Gasteiger partial charge in [0, 0.05) is 12.1 Å². The molecule has 0 aliphatic rings. The molecule has 0 saturated carbocycles. The first-order valence-electron chi connectivity index (χ1n) is 10.6.